The summed E-state index contributed by atoms with van der Waals surface area (Å²) in [4.78, 5) is 16.0. The zero-order chi connectivity index (χ0) is 37.8. The smallest absolute Gasteiger partial charge is 0.238 e. The van der Waals surface area contributed by atoms with Gasteiger partial charge in [-0.25, -0.2) is 4.98 Å². The van der Waals surface area contributed by atoms with Crippen LogP contribution in [-0.2, 0) is 10.8 Å². The van der Waals surface area contributed by atoms with E-state index in [0.29, 0.717) is 17.6 Å². The van der Waals surface area contributed by atoms with Crippen molar-refractivity contribution in [2.24, 2.45) is 0 Å². The Labute approximate surface area is 325 Å². The van der Waals surface area contributed by atoms with Crippen molar-refractivity contribution < 1.29 is 0 Å². The van der Waals surface area contributed by atoms with Crippen molar-refractivity contribution in [2.75, 3.05) is 0 Å². The van der Waals surface area contributed by atoms with E-state index in [0.717, 1.165) is 62.4 Å². The molecule has 3 heterocycles. The van der Waals surface area contributed by atoms with Crippen LogP contribution < -0.4 is 0 Å². The lowest BCUT2D eigenvalue weighted by Crippen LogP contribution is -2.33. The van der Waals surface area contributed by atoms with E-state index in [-0.39, 0.29) is 10.8 Å². The SMILES string of the molecule is CC1(C)CCC(C)(C)c2cc3c(cc21)c1c(ccc2c4ccccc4n(-c4nc(-c5ccccc5)nc(-c5cccc6ccccc56)n4)c21)n3-c1ccccc1. The lowest BCUT2D eigenvalue weighted by molar-refractivity contribution is 0.332. The van der Waals surface area contributed by atoms with Crippen molar-refractivity contribution in [1.82, 2.24) is 24.1 Å². The van der Waals surface area contributed by atoms with Crippen LogP contribution in [0.5, 0.6) is 0 Å². The number of nitrogens with zero attached hydrogens (tertiary/aromatic N) is 5. The molecule has 0 atom stereocenters. The van der Waals surface area contributed by atoms with E-state index in [1.807, 2.05) is 18.2 Å². The van der Waals surface area contributed by atoms with Crippen molar-refractivity contribution in [3.8, 4) is 34.4 Å². The van der Waals surface area contributed by atoms with Gasteiger partial charge in [0.05, 0.1) is 22.1 Å². The molecule has 56 heavy (non-hydrogen) atoms. The van der Waals surface area contributed by atoms with Gasteiger partial charge in [0.15, 0.2) is 11.6 Å². The standard InChI is InChI=1S/C51H41N5/c1-50(2)28-29-51(3,4)41-31-44-39(30-40(41)50)45-43(55(44)34-20-9-6-10-21-34)27-26-37-36-23-13-14-25-42(36)56(46(37)45)49-53-47(33-17-7-5-8-18-33)52-48(54-49)38-24-15-19-32-16-11-12-22-35(32)38/h5-27,30-31H,28-29H2,1-4H3. The van der Waals surface area contributed by atoms with E-state index in [2.05, 4.69) is 170 Å². The van der Waals surface area contributed by atoms with Crippen LogP contribution in [0.3, 0.4) is 0 Å². The topological polar surface area (TPSA) is 48.5 Å². The zero-order valence-corrected chi connectivity index (χ0v) is 32.1. The van der Waals surface area contributed by atoms with Gasteiger partial charge in [-0.05, 0) is 82.0 Å². The summed E-state index contributed by atoms with van der Waals surface area (Å²) in [5, 5.41) is 7.04. The third-order valence-corrected chi connectivity index (χ3v) is 12.4. The summed E-state index contributed by atoms with van der Waals surface area (Å²) in [5.41, 5.74) is 10.6. The van der Waals surface area contributed by atoms with Crippen LogP contribution in [0.4, 0.5) is 0 Å². The molecule has 0 radical (unpaired) electrons. The Hall–Kier alpha value is -6.59. The molecule has 10 aromatic rings. The van der Waals surface area contributed by atoms with E-state index in [4.69, 9.17) is 15.0 Å². The van der Waals surface area contributed by atoms with E-state index in [1.165, 1.54) is 32.8 Å². The molecular weight excluding hydrogens is 683 g/mol. The van der Waals surface area contributed by atoms with Gasteiger partial charge in [0.2, 0.25) is 5.95 Å². The van der Waals surface area contributed by atoms with Crippen molar-refractivity contribution in [1.29, 1.82) is 0 Å². The fourth-order valence-corrected chi connectivity index (χ4v) is 9.40. The molecule has 7 aromatic carbocycles. The molecule has 0 unspecified atom stereocenters. The molecule has 0 fully saturated rings. The van der Waals surface area contributed by atoms with Crippen LogP contribution >= 0.6 is 0 Å². The van der Waals surface area contributed by atoms with Crippen molar-refractivity contribution >= 4 is 54.4 Å². The number of hydrogen-bond acceptors (Lipinski definition) is 3. The summed E-state index contributed by atoms with van der Waals surface area (Å²) >= 11 is 0. The summed E-state index contributed by atoms with van der Waals surface area (Å²) < 4.78 is 4.77. The van der Waals surface area contributed by atoms with E-state index in [1.54, 1.807) is 0 Å². The lowest BCUT2D eigenvalue weighted by atomic mass is 9.63. The van der Waals surface area contributed by atoms with E-state index >= 15 is 0 Å². The number of benzene rings is 7. The Morgan fingerprint density at radius 2 is 1.11 bits per heavy atom. The van der Waals surface area contributed by atoms with Crippen LogP contribution in [0.15, 0.2) is 152 Å². The summed E-state index contributed by atoms with van der Waals surface area (Å²) in [5.74, 6) is 1.88. The first kappa shape index (κ1) is 32.8. The predicted molar refractivity (Wildman–Crippen MR) is 232 cm³/mol. The number of fused-ring (bicyclic) bond motifs is 9. The normalized spacial score (nSPS) is 14.9. The highest BCUT2D eigenvalue weighted by molar-refractivity contribution is 6.26. The van der Waals surface area contributed by atoms with Crippen LogP contribution in [0.1, 0.15) is 51.7 Å². The molecule has 3 aromatic heterocycles. The second-order valence-corrected chi connectivity index (χ2v) is 16.7. The Kier molecular flexibility index (Phi) is 7.00. The fourth-order valence-electron chi connectivity index (χ4n) is 9.40. The van der Waals surface area contributed by atoms with Gasteiger partial charge < -0.3 is 4.57 Å². The minimum absolute atomic E-state index is 0.0486. The Morgan fingerprint density at radius 1 is 0.464 bits per heavy atom. The minimum atomic E-state index is 0.0486. The number of rotatable bonds is 4. The molecular formula is C51H41N5. The Balaban J connectivity index is 1.32. The largest absolute Gasteiger partial charge is 0.309 e. The van der Waals surface area contributed by atoms with Crippen LogP contribution in [0.25, 0.3) is 88.8 Å². The zero-order valence-electron chi connectivity index (χ0n) is 32.1. The van der Waals surface area contributed by atoms with Crippen LogP contribution in [0, 0.1) is 0 Å². The first-order valence-electron chi connectivity index (χ1n) is 19.7. The minimum Gasteiger partial charge on any atom is -0.309 e. The summed E-state index contributed by atoms with van der Waals surface area (Å²) in [7, 11) is 0. The van der Waals surface area contributed by atoms with E-state index in [9.17, 15) is 0 Å². The average Bonchev–Trinajstić information content (AvgIpc) is 3.75. The van der Waals surface area contributed by atoms with Gasteiger partial charge in [0, 0.05) is 38.4 Å². The number of aromatic nitrogens is 5. The first-order valence-corrected chi connectivity index (χ1v) is 19.7. The predicted octanol–water partition coefficient (Wildman–Crippen LogP) is 12.9. The highest BCUT2D eigenvalue weighted by atomic mass is 15.2. The van der Waals surface area contributed by atoms with Crippen molar-refractivity contribution in [3.63, 3.8) is 0 Å². The average molecular weight is 724 g/mol. The van der Waals surface area contributed by atoms with Gasteiger partial charge in [-0.3, -0.25) is 4.57 Å². The summed E-state index contributed by atoms with van der Waals surface area (Å²) in [6.07, 6.45) is 2.31. The van der Waals surface area contributed by atoms with E-state index < -0.39 is 0 Å². The van der Waals surface area contributed by atoms with Crippen molar-refractivity contribution in [2.45, 2.75) is 51.4 Å². The molecule has 5 nitrogen and oxygen atoms in total. The van der Waals surface area contributed by atoms with Gasteiger partial charge >= 0.3 is 0 Å². The third-order valence-electron chi connectivity index (χ3n) is 12.4. The number of hydrogen-bond donors (Lipinski definition) is 0. The molecule has 1 aliphatic rings. The highest BCUT2D eigenvalue weighted by Gasteiger charge is 2.38. The molecule has 0 N–H and O–H groups in total. The highest BCUT2D eigenvalue weighted by Crippen LogP contribution is 2.50. The third kappa shape index (κ3) is 4.83. The van der Waals surface area contributed by atoms with Crippen LogP contribution in [0.2, 0.25) is 0 Å². The molecule has 270 valence electrons. The van der Waals surface area contributed by atoms with Gasteiger partial charge in [-0.2, -0.15) is 9.97 Å². The maximum atomic E-state index is 5.42. The molecule has 0 spiro atoms. The molecule has 0 aliphatic heterocycles. The second-order valence-electron chi connectivity index (χ2n) is 16.7. The maximum absolute atomic E-state index is 5.42. The second kappa shape index (κ2) is 12.0. The molecule has 0 saturated heterocycles. The van der Waals surface area contributed by atoms with Gasteiger partial charge in [-0.15, -0.1) is 0 Å². The molecule has 1 aliphatic carbocycles. The monoisotopic (exact) mass is 723 g/mol. The molecule has 0 amide bonds. The quantitative estimate of drug-likeness (QED) is 0.182. The molecule has 0 bridgehead atoms. The Morgan fingerprint density at radius 3 is 1.89 bits per heavy atom. The van der Waals surface area contributed by atoms with Gasteiger partial charge in [-0.1, -0.05) is 143 Å². The van der Waals surface area contributed by atoms with Crippen LogP contribution in [-0.4, -0.2) is 24.1 Å². The van der Waals surface area contributed by atoms with Gasteiger partial charge in [0.1, 0.15) is 0 Å². The fraction of sp³-hybridized carbons (Fsp3) is 0.157. The lowest BCUT2D eigenvalue weighted by Gasteiger charge is -2.42. The molecule has 5 heteroatoms. The summed E-state index contributed by atoms with van der Waals surface area (Å²) in [6, 6.07) is 54.3. The summed E-state index contributed by atoms with van der Waals surface area (Å²) in [6.45, 7) is 9.66. The molecule has 11 rings (SSSR count). The van der Waals surface area contributed by atoms with Gasteiger partial charge in [0.25, 0.3) is 0 Å². The maximum Gasteiger partial charge on any atom is 0.238 e. The molecule has 0 saturated carbocycles. The van der Waals surface area contributed by atoms with Crippen molar-refractivity contribution in [3.05, 3.63) is 163 Å². The first-order chi connectivity index (χ1) is 27.3. The Bertz CT molecular complexity index is 3180. The number of para-hydroxylation sites is 2.